The van der Waals surface area contributed by atoms with E-state index >= 15 is 0 Å². The molecule has 0 aliphatic carbocycles. The van der Waals surface area contributed by atoms with E-state index in [0.717, 1.165) is 5.56 Å². The Morgan fingerprint density at radius 1 is 1.05 bits per heavy atom. The first-order valence-electron chi connectivity index (χ1n) is 12.4. The van der Waals surface area contributed by atoms with Gasteiger partial charge in [0.25, 0.3) is 11.8 Å². The highest BCUT2D eigenvalue weighted by Gasteiger charge is 2.46. The molecule has 40 heavy (non-hydrogen) atoms. The zero-order valence-electron chi connectivity index (χ0n) is 21.9. The van der Waals surface area contributed by atoms with Crippen LogP contribution in [-0.2, 0) is 0 Å². The Hall–Kier alpha value is -4.72. The summed E-state index contributed by atoms with van der Waals surface area (Å²) in [6, 6.07) is 7.21. The molecule has 0 bridgehead atoms. The normalized spacial score (nSPS) is 17.2. The van der Waals surface area contributed by atoms with Gasteiger partial charge in [0.2, 0.25) is 0 Å². The molecular formula is C26H25F2N9O3. The number of nitrogens with zero attached hydrogens (tertiary/aromatic N) is 8. The molecular weight excluding hydrogens is 524 g/mol. The van der Waals surface area contributed by atoms with Crippen LogP contribution in [0.15, 0.2) is 49.3 Å². The van der Waals surface area contributed by atoms with Crippen molar-refractivity contribution < 1.29 is 23.0 Å². The second-order valence-electron chi connectivity index (χ2n) is 9.48. The molecule has 0 amide bonds. The molecule has 5 aromatic rings. The van der Waals surface area contributed by atoms with Crippen LogP contribution in [0.5, 0.6) is 23.1 Å². The smallest absolute Gasteiger partial charge is 0.296 e. The minimum Gasteiger partial charge on any atom is -0.478 e. The van der Waals surface area contributed by atoms with E-state index in [1.54, 1.807) is 30.3 Å². The second-order valence-corrected chi connectivity index (χ2v) is 9.48. The summed E-state index contributed by atoms with van der Waals surface area (Å²) in [7, 11) is 3.06. The van der Waals surface area contributed by atoms with Crippen LogP contribution in [0, 0.1) is 6.92 Å². The standard InChI is InChI=1S/C26H25F2N9O3/c1-15-8-16(4-5-19(15)39-17-9-21-31-14-34-37(21)33-10-17)35-24-22-18(30-13-32-24)11-29-25(38-3)23(22)40-20-6-7-36(2)12-26(20,27)28/h4-5,8-11,13-14,20H,6-7,12H2,1-3H3,(H,30,32,35)/t20-/m1/s1. The molecule has 0 radical (unpaired) electrons. The van der Waals surface area contributed by atoms with Crippen molar-refractivity contribution >= 4 is 28.1 Å². The van der Waals surface area contributed by atoms with Gasteiger partial charge in [-0.15, -0.1) is 9.73 Å². The lowest BCUT2D eigenvalue weighted by Crippen LogP contribution is -2.52. The molecule has 1 aliphatic heterocycles. The average molecular weight is 550 g/mol. The minimum atomic E-state index is -3.06. The number of alkyl halides is 2. The summed E-state index contributed by atoms with van der Waals surface area (Å²) in [4.78, 5) is 18.6. The van der Waals surface area contributed by atoms with Crippen LogP contribution >= 0.6 is 0 Å². The zero-order chi connectivity index (χ0) is 27.9. The third-order valence-corrected chi connectivity index (χ3v) is 6.57. The largest absolute Gasteiger partial charge is 0.478 e. The maximum absolute atomic E-state index is 14.9. The number of rotatable bonds is 7. The average Bonchev–Trinajstić information content (AvgIpc) is 3.39. The fourth-order valence-corrected chi connectivity index (χ4v) is 4.60. The van der Waals surface area contributed by atoms with Gasteiger partial charge in [-0.2, -0.15) is 5.10 Å². The van der Waals surface area contributed by atoms with E-state index in [9.17, 15) is 8.78 Å². The number of pyridine rings is 1. The molecule has 1 saturated heterocycles. The Bertz CT molecular complexity index is 1700. The van der Waals surface area contributed by atoms with E-state index in [4.69, 9.17) is 14.2 Å². The van der Waals surface area contributed by atoms with E-state index < -0.39 is 18.6 Å². The molecule has 12 nitrogen and oxygen atoms in total. The lowest BCUT2D eigenvalue weighted by atomic mass is 10.0. The highest BCUT2D eigenvalue weighted by Crippen LogP contribution is 2.41. The van der Waals surface area contributed by atoms with E-state index in [2.05, 4.69) is 35.5 Å². The van der Waals surface area contributed by atoms with Crippen molar-refractivity contribution in [3.8, 4) is 23.1 Å². The van der Waals surface area contributed by atoms with Gasteiger partial charge in [-0.3, -0.25) is 0 Å². The molecule has 4 aromatic heterocycles. The van der Waals surface area contributed by atoms with Crippen LogP contribution in [0.4, 0.5) is 20.3 Å². The fourth-order valence-electron chi connectivity index (χ4n) is 4.60. The van der Waals surface area contributed by atoms with Crippen LogP contribution in [0.25, 0.3) is 16.6 Å². The Kier molecular flexibility index (Phi) is 6.46. The number of likely N-dealkylation sites (tertiary alicyclic amines) is 1. The van der Waals surface area contributed by atoms with Gasteiger partial charge in [-0.1, -0.05) is 0 Å². The van der Waals surface area contributed by atoms with Crippen molar-refractivity contribution in [2.24, 2.45) is 0 Å². The number of methoxy groups -OCH3 is 1. The number of fused-ring (bicyclic) bond motifs is 2. The number of halogens is 2. The predicted molar refractivity (Wildman–Crippen MR) is 141 cm³/mol. The van der Waals surface area contributed by atoms with Gasteiger partial charge >= 0.3 is 0 Å². The molecule has 1 aromatic carbocycles. The number of aryl methyl sites for hydroxylation is 1. The first kappa shape index (κ1) is 25.6. The summed E-state index contributed by atoms with van der Waals surface area (Å²) in [6.07, 6.45) is 4.60. The van der Waals surface area contributed by atoms with Crippen molar-refractivity contribution in [2.45, 2.75) is 25.4 Å². The highest BCUT2D eigenvalue weighted by atomic mass is 19.3. The van der Waals surface area contributed by atoms with Gasteiger partial charge in [0.1, 0.15) is 24.2 Å². The Labute approximate surface area is 226 Å². The van der Waals surface area contributed by atoms with Gasteiger partial charge in [0.05, 0.1) is 37.0 Å². The number of piperidine rings is 1. The maximum Gasteiger partial charge on any atom is 0.296 e. The monoisotopic (exact) mass is 549 g/mol. The maximum atomic E-state index is 14.9. The number of benzene rings is 1. The zero-order valence-corrected chi connectivity index (χ0v) is 21.9. The summed E-state index contributed by atoms with van der Waals surface area (Å²) >= 11 is 0. The van der Waals surface area contributed by atoms with Crippen molar-refractivity contribution in [3.63, 3.8) is 0 Å². The number of ether oxygens (including phenoxy) is 3. The summed E-state index contributed by atoms with van der Waals surface area (Å²) in [5.41, 5.74) is 2.48. The number of anilines is 2. The van der Waals surface area contributed by atoms with Crippen molar-refractivity contribution in [1.29, 1.82) is 0 Å². The topological polar surface area (TPSA) is 125 Å². The number of hydrogen-bond donors (Lipinski definition) is 1. The highest BCUT2D eigenvalue weighted by molar-refractivity contribution is 5.96. The molecule has 1 fully saturated rings. The third kappa shape index (κ3) is 4.88. The van der Waals surface area contributed by atoms with Crippen molar-refractivity contribution in [2.75, 3.05) is 32.6 Å². The van der Waals surface area contributed by atoms with Crippen molar-refractivity contribution in [3.05, 3.63) is 54.9 Å². The molecule has 1 N–H and O–H groups in total. The lowest BCUT2D eigenvalue weighted by molar-refractivity contribution is -0.135. The van der Waals surface area contributed by atoms with Gasteiger partial charge in [-0.25, -0.2) is 28.7 Å². The van der Waals surface area contributed by atoms with E-state index in [1.165, 1.54) is 30.6 Å². The number of hydrogen-bond acceptors (Lipinski definition) is 11. The summed E-state index contributed by atoms with van der Waals surface area (Å²) in [5, 5.41) is 11.8. The Morgan fingerprint density at radius 2 is 1.93 bits per heavy atom. The first-order chi connectivity index (χ1) is 19.3. The number of aromatic nitrogens is 7. The molecule has 6 rings (SSSR count). The summed E-state index contributed by atoms with van der Waals surface area (Å²) in [5.74, 6) is -1.46. The van der Waals surface area contributed by atoms with E-state index in [1.807, 2.05) is 19.1 Å². The molecule has 206 valence electrons. The SMILES string of the molecule is COc1ncc2ncnc(Nc3ccc(Oc4cnn5ncnc5c4)c(C)c3)c2c1O[C@@H]1CCN(C)CC1(F)F. The Morgan fingerprint density at radius 3 is 2.73 bits per heavy atom. The molecule has 0 spiro atoms. The summed E-state index contributed by atoms with van der Waals surface area (Å²) < 4.78 is 48.5. The number of nitrogens with one attached hydrogen (secondary N) is 1. The van der Waals surface area contributed by atoms with Gasteiger partial charge < -0.3 is 24.4 Å². The Balaban J connectivity index is 1.31. The van der Waals surface area contributed by atoms with Gasteiger partial charge in [-0.05, 0) is 37.7 Å². The van der Waals surface area contributed by atoms with Crippen LogP contribution in [0.2, 0.25) is 0 Å². The van der Waals surface area contributed by atoms with Crippen LogP contribution < -0.4 is 19.5 Å². The molecule has 14 heteroatoms. The minimum absolute atomic E-state index is 0.0605. The third-order valence-electron chi connectivity index (χ3n) is 6.57. The molecule has 5 heterocycles. The predicted octanol–water partition coefficient (Wildman–Crippen LogP) is 4.03. The van der Waals surface area contributed by atoms with Crippen molar-refractivity contribution in [1.82, 2.24) is 39.7 Å². The van der Waals surface area contributed by atoms with Gasteiger partial charge in [0, 0.05) is 24.7 Å². The lowest BCUT2D eigenvalue weighted by Gasteiger charge is -2.36. The fraction of sp³-hybridized carbons (Fsp3) is 0.308. The van der Waals surface area contributed by atoms with Crippen LogP contribution in [0.3, 0.4) is 0 Å². The van der Waals surface area contributed by atoms with Crippen LogP contribution in [0.1, 0.15) is 12.0 Å². The molecule has 1 aliphatic rings. The quantitative estimate of drug-likeness (QED) is 0.316. The second kappa shape index (κ2) is 10.1. The molecule has 0 saturated carbocycles. The molecule has 1 atom stereocenters. The molecule has 0 unspecified atom stereocenters. The first-order valence-corrected chi connectivity index (χ1v) is 12.4. The van der Waals surface area contributed by atoms with E-state index in [0.29, 0.717) is 46.1 Å². The van der Waals surface area contributed by atoms with E-state index in [-0.39, 0.29) is 18.1 Å². The van der Waals surface area contributed by atoms with Crippen LogP contribution in [-0.4, -0.2) is 78.9 Å². The van der Waals surface area contributed by atoms with Gasteiger partial charge in [0.15, 0.2) is 23.3 Å². The summed E-state index contributed by atoms with van der Waals surface area (Å²) in [6.45, 7) is 1.96.